The standard InChI is InChI=1S/C7H15NO3S/c1-7(12(9,10)11)6-8-4-2-3-5-8/h7H,2-6H2,1H3,(H,9,10,11). The number of rotatable bonds is 3. The molecule has 0 aromatic heterocycles. The second-order valence-electron chi connectivity index (χ2n) is 3.33. The molecule has 1 atom stereocenters. The molecule has 72 valence electrons. The van der Waals surface area contributed by atoms with Crippen LogP contribution in [0.1, 0.15) is 19.8 Å². The Hall–Kier alpha value is -0.130. The van der Waals surface area contributed by atoms with E-state index in [1.165, 1.54) is 6.92 Å². The van der Waals surface area contributed by atoms with Gasteiger partial charge in [-0.15, -0.1) is 0 Å². The van der Waals surface area contributed by atoms with Gasteiger partial charge in [-0.2, -0.15) is 8.42 Å². The average Bonchev–Trinajstić information content (AvgIpc) is 2.37. The Morgan fingerprint density at radius 2 is 1.92 bits per heavy atom. The molecule has 1 rings (SSSR count). The van der Waals surface area contributed by atoms with E-state index in [2.05, 4.69) is 4.90 Å². The van der Waals surface area contributed by atoms with Gasteiger partial charge in [-0.1, -0.05) is 0 Å². The molecule has 0 bridgehead atoms. The maximum Gasteiger partial charge on any atom is 0.268 e. The highest BCUT2D eigenvalue weighted by Crippen LogP contribution is 2.10. The first-order valence-electron chi connectivity index (χ1n) is 4.19. The molecular weight excluding hydrogens is 178 g/mol. The van der Waals surface area contributed by atoms with E-state index in [9.17, 15) is 8.42 Å². The molecule has 1 unspecified atom stereocenters. The second kappa shape index (κ2) is 3.72. The van der Waals surface area contributed by atoms with Crippen molar-refractivity contribution in [3.8, 4) is 0 Å². The third kappa shape index (κ3) is 2.73. The van der Waals surface area contributed by atoms with Gasteiger partial charge in [0.15, 0.2) is 0 Å². The molecule has 0 aromatic carbocycles. The Kier molecular flexibility index (Phi) is 3.09. The zero-order valence-electron chi connectivity index (χ0n) is 7.23. The number of nitrogens with zero attached hydrogens (tertiary/aromatic N) is 1. The summed E-state index contributed by atoms with van der Waals surface area (Å²) < 4.78 is 30.0. The third-order valence-electron chi connectivity index (χ3n) is 2.22. The highest BCUT2D eigenvalue weighted by molar-refractivity contribution is 7.86. The average molecular weight is 193 g/mol. The lowest BCUT2D eigenvalue weighted by atomic mass is 10.4. The van der Waals surface area contributed by atoms with Crippen LogP contribution in [0.3, 0.4) is 0 Å². The van der Waals surface area contributed by atoms with Gasteiger partial charge in [-0.05, 0) is 32.9 Å². The van der Waals surface area contributed by atoms with Crippen LogP contribution < -0.4 is 0 Å². The second-order valence-corrected chi connectivity index (χ2v) is 5.17. The van der Waals surface area contributed by atoms with Gasteiger partial charge in [-0.25, -0.2) is 0 Å². The molecule has 1 fully saturated rings. The fourth-order valence-corrected chi connectivity index (χ4v) is 1.82. The van der Waals surface area contributed by atoms with Gasteiger partial charge in [0, 0.05) is 6.54 Å². The molecule has 4 nitrogen and oxygen atoms in total. The molecule has 1 aliphatic rings. The predicted octanol–water partition coefficient (Wildman–Crippen LogP) is 0.359. The van der Waals surface area contributed by atoms with Gasteiger partial charge in [-0.3, -0.25) is 4.55 Å². The van der Waals surface area contributed by atoms with Crippen molar-refractivity contribution in [2.75, 3.05) is 19.6 Å². The van der Waals surface area contributed by atoms with Crippen LogP contribution in [-0.4, -0.2) is 42.8 Å². The Morgan fingerprint density at radius 3 is 2.33 bits per heavy atom. The van der Waals surface area contributed by atoms with Crippen molar-refractivity contribution in [3.05, 3.63) is 0 Å². The van der Waals surface area contributed by atoms with E-state index >= 15 is 0 Å². The highest BCUT2D eigenvalue weighted by Gasteiger charge is 2.22. The summed E-state index contributed by atoms with van der Waals surface area (Å²) in [5.41, 5.74) is 0. The molecule has 1 N–H and O–H groups in total. The number of hydrogen-bond acceptors (Lipinski definition) is 3. The quantitative estimate of drug-likeness (QED) is 0.657. The summed E-state index contributed by atoms with van der Waals surface area (Å²) in [7, 11) is -3.83. The van der Waals surface area contributed by atoms with E-state index in [0.717, 1.165) is 25.9 Å². The maximum atomic E-state index is 10.6. The Bertz CT molecular complexity index is 231. The van der Waals surface area contributed by atoms with E-state index < -0.39 is 15.4 Å². The lowest BCUT2D eigenvalue weighted by Gasteiger charge is -2.17. The molecule has 1 heterocycles. The van der Waals surface area contributed by atoms with Crippen molar-refractivity contribution in [3.63, 3.8) is 0 Å². The van der Waals surface area contributed by atoms with Gasteiger partial charge in [0.05, 0.1) is 5.25 Å². The van der Waals surface area contributed by atoms with E-state index in [0.29, 0.717) is 6.54 Å². The molecule has 5 heteroatoms. The van der Waals surface area contributed by atoms with Crippen molar-refractivity contribution >= 4 is 10.1 Å². The third-order valence-corrected chi connectivity index (χ3v) is 3.39. The largest absolute Gasteiger partial charge is 0.302 e. The topological polar surface area (TPSA) is 57.6 Å². The molecule has 1 saturated heterocycles. The Labute approximate surface area is 73.3 Å². The minimum Gasteiger partial charge on any atom is -0.302 e. The summed E-state index contributed by atoms with van der Waals surface area (Å²) >= 11 is 0. The van der Waals surface area contributed by atoms with Crippen LogP contribution in [0.2, 0.25) is 0 Å². The van der Waals surface area contributed by atoms with Crippen molar-refractivity contribution in [1.82, 2.24) is 4.90 Å². The summed E-state index contributed by atoms with van der Waals surface area (Å²) in [4.78, 5) is 2.07. The normalized spacial score (nSPS) is 22.8. The minimum atomic E-state index is -3.83. The van der Waals surface area contributed by atoms with Crippen molar-refractivity contribution in [1.29, 1.82) is 0 Å². The fourth-order valence-electron chi connectivity index (χ4n) is 1.42. The first-order valence-corrected chi connectivity index (χ1v) is 5.69. The summed E-state index contributed by atoms with van der Waals surface area (Å²) in [5, 5.41) is -0.657. The molecule has 1 aliphatic heterocycles. The van der Waals surface area contributed by atoms with E-state index in [1.54, 1.807) is 0 Å². The fraction of sp³-hybridized carbons (Fsp3) is 1.00. The first kappa shape index (κ1) is 9.95. The van der Waals surface area contributed by atoms with Crippen LogP contribution in [0.15, 0.2) is 0 Å². The van der Waals surface area contributed by atoms with E-state index in [4.69, 9.17) is 4.55 Å². The molecule has 0 saturated carbocycles. The Morgan fingerprint density at radius 1 is 1.42 bits per heavy atom. The van der Waals surface area contributed by atoms with E-state index in [-0.39, 0.29) is 0 Å². The van der Waals surface area contributed by atoms with Crippen LogP contribution in [-0.2, 0) is 10.1 Å². The van der Waals surface area contributed by atoms with Gasteiger partial charge >= 0.3 is 0 Å². The molecule has 0 radical (unpaired) electrons. The highest BCUT2D eigenvalue weighted by atomic mass is 32.2. The van der Waals surface area contributed by atoms with Gasteiger partial charge in [0.1, 0.15) is 0 Å². The zero-order valence-corrected chi connectivity index (χ0v) is 8.05. The number of hydrogen-bond donors (Lipinski definition) is 1. The molecule has 0 aromatic rings. The van der Waals surface area contributed by atoms with Gasteiger partial charge in [0.25, 0.3) is 10.1 Å². The van der Waals surface area contributed by atoms with Crippen LogP contribution in [0.5, 0.6) is 0 Å². The van der Waals surface area contributed by atoms with Crippen molar-refractivity contribution < 1.29 is 13.0 Å². The molecule has 0 aliphatic carbocycles. The minimum absolute atomic E-state index is 0.457. The molecule has 12 heavy (non-hydrogen) atoms. The lowest BCUT2D eigenvalue weighted by molar-refractivity contribution is 0.332. The van der Waals surface area contributed by atoms with Crippen LogP contribution in [0.25, 0.3) is 0 Å². The molecule has 0 amide bonds. The van der Waals surface area contributed by atoms with Crippen LogP contribution in [0, 0.1) is 0 Å². The monoisotopic (exact) mass is 193 g/mol. The first-order chi connectivity index (χ1) is 5.50. The SMILES string of the molecule is CC(CN1CCCC1)S(=O)(=O)O. The van der Waals surface area contributed by atoms with Gasteiger partial charge < -0.3 is 4.90 Å². The zero-order chi connectivity index (χ0) is 9.19. The summed E-state index contributed by atoms with van der Waals surface area (Å²) in [6.45, 7) is 3.91. The summed E-state index contributed by atoms with van der Waals surface area (Å²) in [6.07, 6.45) is 2.27. The maximum absolute atomic E-state index is 10.6. The molecule has 0 spiro atoms. The summed E-state index contributed by atoms with van der Waals surface area (Å²) in [5.74, 6) is 0. The van der Waals surface area contributed by atoms with Crippen molar-refractivity contribution in [2.45, 2.75) is 25.0 Å². The van der Waals surface area contributed by atoms with E-state index in [1.807, 2.05) is 0 Å². The predicted molar refractivity (Wildman–Crippen MR) is 46.7 cm³/mol. The van der Waals surface area contributed by atoms with Crippen LogP contribution in [0.4, 0.5) is 0 Å². The lowest BCUT2D eigenvalue weighted by Crippen LogP contribution is -2.33. The summed E-state index contributed by atoms with van der Waals surface area (Å²) in [6, 6.07) is 0. The van der Waals surface area contributed by atoms with Crippen LogP contribution >= 0.6 is 0 Å². The Balaban J connectivity index is 2.40. The van der Waals surface area contributed by atoms with Crippen molar-refractivity contribution in [2.24, 2.45) is 0 Å². The van der Waals surface area contributed by atoms with Gasteiger partial charge in [0.2, 0.25) is 0 Å². The number of likely N-dealkylation sites (tertiary alicyclic amines) is 1. The smallest absolute Gasteiger partial charge is 0.268 e. The molecular formula is C7H15NO3S.